The van der Waals surface area contributed by atoms with Crippen LogP contribution in [-0.2, 0) is 6.42 Å². The van der Waals surface area contributed by atoms with Crippen molar-refractivity contribution in [2.75, 3.05) is 6.61 Å². The van der Waals surface area contributed by atoms with Crippen LogP contribution in [-0.4, -0.2) is 16.8 Å². The van der Waals surface area contributed by atoms with Crippen molar-refractivity contribution in [2.24, 2.45) is 0 Å². The fourth-order valence-corrected chi connectivity index (χ4v) is 4.47. The van der Waals surface area contributed by atoms with Crippen LogP contribution in [0.5, 0.6) is 5.75 Å². The van der Waals surface area contributed by atoms with Gasteiger partial charge in [0.15, 0.2) is 16.6 Å². The van der Waals surface area contributed by atoms with Gasteiger partial charge in [0, 0.05) is 6.42 Å². The van der Waals surface area contributed by atoms with Gasteiger partial charge in [-0.05, 0) is 25.0 Å². The average molecular weight is 453 g/mol. The first-order valence-electron chi connectivity index (χ1n) is 12.1. The largest absolute Gasteiger partial charge is 0.490 e. The molecule has 31 heavy (non-hydrogen) atoms. The van der Waals surface area contributed by atoms with Crippen molar-refractivity contribution in [3.63, 3.8) is 0 Å². The highest BCUT2D eigenvalue weighted by atomic mass is 32.1. The van der Waals surface area contributed by atoms with Crippen LogP contribution in [0, 0.1) is 11.6 Å². The molecule has 1 aromatic carbocycles. The first-order valence-corrected chi connectivity index (χ1v) is 12.9. The summed E-state index contributed by atoms with van der Waals surface area (Å²) in [7, 11) is 0. The van der Waals surface area contributed by atoms with Gasteiger partial charge < -0.3 is 4.74 Å². The summed E-state index contributed by atoms with van der Waals surface area (Å²) in [6.45, 7) is 4.82. The van der Waals surface area contributed by atoms with Crippen LogP contribution in [0.2, 0.25) is 0 Å². The standard InChI is InChI=1S/C25H38F2N2OS/c1-3-5-7-9-11-13-15-19-30-21-18-17-20(23(26)24(21)27)25-29-28-22(31-25)16-14-12-10-8-6-4-2/h17-18H,3-16,19H2,1-2H3. The van der Waals surface area contributed by atoms with Gasteiger partial charge in [-0.1, -0.05) is 95.8 Å². The van der Waals surface area contributed by atoms with Gasteiger partial charge in [0.25, 0.3) is 0 Å². The number of aromatic nitrogens is 2. The van der Waals surface area contributed by atoms with Gasteiger partial charge >= 0.3 is 0 Å². The van der Waals surface area contributed by atoms with E-state index < -0.39 is 11.6 Å². The molecule has 2 aromatic rings. The molecule has 0 unspecified atom stereocenters. The monoisotopic (exact) mass is 452 g/mol. The number of nitrogens with zero attached hydrogens (tertiary/aromatic N) is 2. The normalized spacial score (nSPS) is 11.2. The van der Waals surface area contributed by atoms with Gasteiger partial charge in [0.2, 0.25) is 5.82 Å². The lowest BCUT2D eigenvalue weighted by atomic mass is 10.1. The zero-order valence-electron chi connectivity index (χ0n) is 19.2. The van der Waals surface area contributed by atoms with Crippen molar-refractivity contribution < 1.29 is 13.5 Å². The summed E-state index contributed by atoms with van der Waals surface area (Å²) in [5, 5.41) is 9.56. The number of rotatable bonds is 17. The van der Waals surface area contributed by atoms with E-state index in [0.29, 0.717) is 11.6 Å². The van der Waals surface area contributed by atoms with Crippen LogP contribution >= 0.6 is 11.3 Å². The topological polar surface area (TPSA) is 35.0 Å². The molecule has 0 spiro atoms. The number of aryl methyl sites for hydroxylation is 1. The van der Waals surface area contributed by atoms with Gasteiger partial charge in [-0.3, -0.25) is 0 Å². The average Bonchev–Trinajstić information content (AvgIpc) is 3.24. The van der Waals surface area contributed by atoms with Crippen LogP contribution in [0.4, 0.5) is 8.78 Å². The van der Waals surface area contributed by atoms with Crippen molar-refractivity contribution in [3.05, 3.63) is 28.8 Å². The smallest absolute Gasteiger partial charge is 0.201 e. The molecule has 0 bridgehead atoms. The van der Waals surface area contributed by atoms with E-state index in [2.05, 4.69) is 24.0 Å². The molecule has 0 fully saturated rings. The maximum Gasteiger partial charge on any atom is 0.201 e. The molecule has 0 aliphatic heterocycles. The van der Waals surface area contributed by atoms with E-state index in [9.17, 15) is 8.78 Å². The van der Waals surface area contributed by atoms with Gasteiger partial charge in [-0.25, -0.2) is 4.39 Å². The zero-order chi connectivity index (χ0) is 22.3. The van der Waals surface area contributed by atoms with E-state index in [0.717, 1.165) is 37.1 Å². The number of hydrogen-bond acceptors (Lipinski definition) is 4. The van der Waals surface area contributed by atoms with E-state index in [4.69, 9.17) is 4.74 Å². The van der Waals surface area contributed by atoms with E-state index in [1.165, 1.54) is 75.2 Å². The molecule has 0 saturated carbocycles. The molecule has 2 rings (SSSR count). The van der Waals surface area contributed by atoms with Crippen molar-refractivity contribution in [3.8, 4) is 16.3 Å². The molecule has 1 aromatic heterocycles. The summed E-state index contributed by atoms with van der Waals surface area (Å²) in [5.41, 5.74) is 0.160. The summed E-state index contributed by atoms with van der Waals surface area (Å²) in [5.74, 6) is -1.86. The zero-order valence-corrected chi connectivity index (χ0v) is 20.0. The van der Waals surface area contributed by atoms with Crippen LogP contribution in [0.3, 0.4) is 0 Å². The highest BCUT2D eigenvalue weighted by molar-refractivity contribution is 7.14. The molecule has 0 N–H and O–H groups in total. The molecule has 0 aliphatic rings. The molecule has 1 heterocycles. The second kappa shape index (κ2) is 15.3. The van der Waals surface area contributed by atoms with Gasteiger partial charge in [0.1, 0.15) is 5.01 Å². The lowest BCUT2D eigenvalue weighted by Gasteiger charge is -2.09. The summed E-state index contributed by atoms with van der Waals surface area (Å²) in [6.07, 6.45) is 16.2. The third-order valence-electron chi connectivity index (χ3n) is 5.49. The Morgan fingerprint density at radius 2 is 1.35 bits per heavy atom. The molecular formula is C25H38F2N2OS. The first-order chi connectivity index (χ1) is 15.2. The minimum atomic E-state index is -0.937. The molecule has 0 radical (unpaired) electrons. The molecular weight excluding hydrogens is 414 g/mol. The SMILES string of the molecule is CCCCCCCCCOc1ccc(-c2nnc(CCCCCCCC)s2)c(F)c1F. The Morgan fingerprint density at radius 3 is 2.03 bits per heavy atom. The number of unbranched alkanes of at least 4 members (excludes halogenated alkanes) is 11. The van der Waals surface area contributed by atoms with Crippen molar-refractivity contribution >= 4 is 11.3 Å². The quantitative estimate of drug-likeness (QED) is 0.226. The van der Waals surface area contributed by atoms with Gasteiger partial charge in [0.05, 0.1) is 12.2 Å². The highest BCUT2D eigenvalue weighted by Crippen LogP contribution is 2.32. The Labute approximate surface area is 190 Å². The fourth-order valence-electron chi connectivity index (χ4n) is 3.57. The van der Waals surface area contributed by atoms with Crippen molar-refractivity contribution in [1.82, 2.24) is 10.2 Å². The van der Waals surface area contributed by atoms with E-state index in [-0.39, 0.29) is 11.3 Å². The van der Waals surface area contributed by atoms with Gasteiger partial charge in [-0.15, -0.1) is 10.2 Å². The third kappa shape index (κ3) is 9.22. The minimum absolute atomic E-state index is 0.0240. The molecule has 0 amide bonds. The van der Waals surface area contributed by atoms with Crippen LogP contribution in [0.15, 0.2) is 12.1 Å². The Balaban J connectivity index is 1.79. The second-order valence-corrected chi connectivity index (χ2v) is 9.29. The summed E-state index contributed by atoms with van der Waals surface area (Å²) < 4.78 is 34.6. The van der Waals surface area contributed by atoms with E-state index in [1.807, 2.05) is 0 Å². The first kappa shape index (κ1) is 25.7. The summed E-state index contributed by atoms with van der Waals surface area (Å²) in [6, 6.07) is 3.05. The Hall–Kier alpha value is -1.56. The van der Waals surface area contributed by atoms with Crippen LogP contribution in [0.1, 0.15) is 102 Å². The van der Waals surface area contributed by atoms with Crippen LogP contribution in [0.25, 0.3) is 10.6 Å². The predicted molar refractivity (Wildman–Crippen MR) is 126 cm³/mol. The number of ether oxygens (including phenoxy) is 1. The molecule has 0 saturated heterocycles. The summed E-state index contributed by atoms with van der Waals surface area (Å²) >= 11 is 1.35. The highest BCUT2D eigenvalue weighted by Gasteiger charge is 2.18. The van der Waals surface area contributed by atoms with E-state index >= 15 is 0 Å². The Bertz CT molecular complexity index is 751. The minimum Gasteiger partial charge on any atom is -0.490 e. The molecule has 3 nitrogen and oxygen atoms in total. The van der Waals surface area contributed by atoms with Crippen LogP contribution < -0.4 is 4.74 Å². The lowest BCUT2D eigenvalue weighted by molar-refractivity contribution is 0.285. The number of hydrogen-bond donors (Lipinski definition) is 0. The lowest BCUT2D eigenvalue weighted by Crippen LogP contribution is -2.01. The predicted octanol–water partition coefficient (Wildman–Crippen LogP) is 8.52. The second-order valence-electron chi connectivity index (χ2n) is 8.23. The van der Waals surface area contributed by atoms with E-state index in [1.54, 1.807) is 6.07 Å². The fraction of sp³-hybridized carbons (Fsp3) is 0.680. The molecule has 0 atom stereocenters. The maximum absolute atomic E-state index is 14.6. The van der Waals surface area contributed by atoms with Crippen molar-refractivity contribution in [2.45, 2.75) is 104 Å². The Kier molecular flexibility index (Phi) is 12.7. The van der Waals surface area contributed by atoms with Gasteiger partial charge in [-0.2, -0.15) is 4.39 Å². The number of halogens is 2. The summed E-state index contributed by atoms with van der Waals surface area (Å²) in [4.78, 5) is 0. The Morgan fingerprint density at radius 1 is 0.742 bits per heavy atom. The molecule has 0 aliphatic carbocycles. The maximum atomic E-state index is 14.6. The number of benzene rings is 1. The third-order valence-corrected chi connectivity index (χ3v) is 6.51. The van der Waals surface area contributed by atoms with Crippen molar-refractivity contribution in [1.29, 1.82) is 0 Å². The molecule has 6 heteroatoms. The molecule has 174 valence electrons.